The standard InChI is InChI=1S/C18H18ClN3O2/c1-22(2)18(24)15-4-3-5-16(20-15)21-17(23)14-10-13(14)11-6-8-12(19)9-7-11/h3-9,13-14H,10H2,1-2H3,(H,20,21,23)/t13-,14-/m1/s1. The number of halogens is 1. The maximum absolute atomic E-state index is 12.4. The van der Waals surface area contributed by atoms with Crippen molar-refractivity contribution in [1.29, 1.82) is 0 Å². The Morgan fingerprint density at radius 1 is 1.17 bits per heavy atom. The summed E-state index contributed by atoms with van der Waals surface area (Å²) in [4.78, 5) is 30.0. The molecule has 6 heteroatoms. The fourth-order valence-electron chi connectivity index (χ4n) is 2.63. The third-order valence-corrected chi connectivity index (χ3v) is 4.30. The predicted octanol–water partition coefficient (Wildman–Crippen LogP) is 3.18. The normalized spacial score (nSPS) is 18.8. The van der Waals surface area contributed by atoms with E-state index in [9.17, 15) is 9.59 Å². The highest BCUT2D eigenvalue weighted by atomic mass is 35.5. The molecule has 1 aliphatic rings. The fourth-order valence-corrected chi connectivity index (χ4v) is 2.76. The molecule has 0 unspecified atom stereocenters. The van der Waals surface area contributed by atoms with Crippen molar-refractivity contribution in [3.63, 3.8) is 0 Å². The quantitative estimate of drug-likeness (QED) is 0.927. The second-order valence-corrected chi connectivity index (χ2v) is 6.53. The van der Waals surface area contributed by atoms with Gasteiger partial charge in [0.2, 0.25) is 5.91 Å². The predicted molar refractivity (Wildman–Crippen MR) is 93.2 cm³/mol. The molecule has 2 aromatic rings. The van der Waals surface area contributed by atoms with Crippen molar-refractivity contribution >= 4 is 29.2 Å². The summed E-state index contributed by atoms with van der Waals surface area (Å²) in [5.74, 6) is 0.276. The highest BCUT2D eigenvalue weighted by molar-refractivity contribution is 6.30. The Kier molecular flexibility index (Phi) is 4.53. The number of hydrogen-bond donors (Lipinski definition) is 1. The third kappa shape index (κ3) is 3.57. The van der Waals surface area contributed by atoms with Crippen LogP contribution in [-0.4, -0.2) is 35.8 Å². The second kappa shape index (κ2) is 6.61. The first-order valence-corrected chi connectivity index (χ1v) is 8.08. The van der Waals surface area contributed by atoms with Gasteiger partial charge in [-0.15, -0.1) is 0 Å². The third-order valence-electron chi connectivity index (χ3n) is 4.05. The molecule has 2 atom stereocenters. The van der Waals surface area contributed by atoms with E-state index in [1.165, 1.54) is 4.90 Å². The van der Waals surface area contributed by atoms with E-state index in [0.29, 0.717) is 16.5 Å². The molecular weight excluding hydrogens is 326 g/mol. The van der Waals surface area contributed by atoms with Crippen molar-refractivity contribution < 1.29 is 9.59 Å². The van der Waals surface area contributed by atoms with Gasteiger partial charge in [-0.3, -0.25) is 9.59 Å². The Hall–Kier alpha value is -2.40. The lowest BCUT2D eigenvalue weighted by molar-refractivity contribution is -0.117. The molecule has 1 heterocycles. The molecule has 1 fully saturated rings. The smallest absolute Gasteiger partial charge is 0.272 e. The van der Waals surface area contributed by atoms with Crippen molar-refractivity contribution in [2.24, 2.45) is 5.92 Å². The van der Waals surface area contributed by atoms with E-state index in [4.69, 9.17) is 11.6 Å². The van der Waals surface area contributed by atoms with Gasteiger partial charge in [0.1, 0.15) is 11.5 Å². The molecule has 24 heavy (non-hydrogen) atoms. The van der Waals surface area contributed by atoms with E-state index in [1.807, 2.05) is 24.3 Å². The van der Waals surface area contributed by atoms with Crippen molar-refractivity contribution in [2.75, 3.05) is 19.4 Å². The van der Waals surface area contributed by atoms with Gasteiger partial charge in [-0.2, -0.15) is 0 Å². The van der Waals surface area contributed by atoms with Crippen molar-refractivity contribution in [1.82, 2.24) is 9.88 Å². The van der Waals surface area contributed by atoms with E-state index < -0.39 is 0 Å². The number of amides is 2. The molecule has 0 bridgehead atoms. The van der Waals surface area contributed by atoms with Crippen LogP contribution in [0.1, 0.15) is 28.4 Å². The lowest BCUT2D eigenvalue weighted by Gasteiger charge is -2.10. The molecule has 2 amide bonds. The van der Waals surface area contributed by atoms with Crippen LogP contribution in [0.25, 0.3) is 0 Å². The molecule has 0 spiro atoms. The van der Waals surface area contributed by atoms with Crippen molar-refractivity contribution in [3.8, 4) is 0 Å². The average Bonchev–Trinajstić information content (AvgIpc) is 3.35. The van der Waals surface area contributed by atoms with Crippen LogP contribution in [0.3, 0.4) is 0 Å². The van der Waals surface area contributed by atoms with Crippen LogP contribution < -0.4 is 5.32 Å². The van der Waals surface area contributed by atoms with Crippen LogP contribution in [-0.2, 0) is 4.79 Å². The molecule has 5 nitrogen and oxygen atoms in total. The van der Waals surface area contributed by atoms with Gasteiger partial charge in [-0.05, 0) is 42.2 Å². The van der Waals surface area contributed by atoms with E-state index in [0.717, 1.165) is 12.0 Å². The topological polar surface area (TPSA) is 62.3 Å². The fraction of sp³-hybridized carbons (Fsp3) is 0.278. The SMILES string of the molecule is CN(C)C(=O)c1cccc(NC(=O)[C@@H]2C[C@@H]2c2ccc(Cl)cc2)n1. The maximum Gasteiger partial charge on any atom is 0.272 e. The first kappa shape index (κ1) is 16.5. The zero-order valence-electron chi connectivity index (χ0n) is 13.5. The summed E-state index contributed by atoms with van der Waals surface area (Å²) in [6.45, 7) is 0. The minimum atomic E-state index is -0.198. The highest BCUT2D eigenvalue weighted by Gasteiger charge is 2.44. The molecule has 0 radical (unpaired) electrons. The number of aromatic nitrogens is 1. The van der Waals surface area contributed by atoms with Gasteiger partial charge < -0.3 is 10.2 Å². The summed E-state index contributed by atoms with van der Waals surface area (Å²) in [6, 6.07) is 12.6. The monoisotopic (exact) mass is 343 g/mol. The maximum atomic E-state index is 12.4. The molecule has 1 aromatic carbocycles. The Morgan fingerprint density at radius 2 is 1.88 bits per heavy atom. The first-order valence-electron chi connectivity index (χ1n) is 7.71. The summed E-state index contributed by atoms with van der Waals surface area (Å²) >= 11 is 5.89. The number of anilines is 1. The Labute approximate surface area is 145 Å². The number of nitrogens with zero attached hydrogens (tertiary/aromatic N) is 2. The van der Waals surface area contributed by atoms with E-state index >= 15 is 0 Å². The Balaban J connectivity index is 1.65. The zero-order chi connectivity index (χ0) is 17.3. The van der Waals surface area contributed by atoms with E-state index in [1.54, 1.807) is 32.3 Å². The lowest BCUT2D eigenvalue weighted by atomic mass is 10.1. The summed E-state index contributed by atoms with van der Waals surface area (Å²) in [6.07, 6.45) is 0.809. The minimum absolute atomic E-state index is 0.0684. The van der Waals surface area contributed by atoms with Gasteiger partial charge in [0, 0.05) is 25.0 Å². The number of carbonyl (C=O) groups is 2. The number of hydrogen-bond acceptors (Lipinski definition) is 3. The number of benzene rings is 1. The van der Waals surface area contributed by atoms with Crippen molar-refractivity contribution in [3.05, 3.63) is 58.7 Å². The van der Waals surface area contributed by atoms with Crippen LogP contribution in [0, 0.1) is 5.92 Å². The molecule has 1 aliphatic carbocycles. The second-order valence-electron chi connectivity index (χ2n) is 6.10. The Morgan fingerprint density at radius 3 is 2.54 bits per heavy atom. The van der Waals surface area contributed by atoms with Gasteiger partial charge in [0.15, 0.2) is 0 Å². The summed E-state index contributed by atoms with van der Waals surface area (Å²) in [7, 11) is 3.33. The molecule has 1 saturated carbocycles. The van der Waals surface area contributed by atoms with Gasteiger partial charge in [0.05, 0.1) is 0 Å². The number of carbonyl (C=O) groups excluding carboxylic acids is 2. The van der Waals surface area contributed by atoms with Crippen LogP contribution >= 0.6 is 11.6 Å². The minimum Gasteiger partial charge on any atom is -0.343 e. The molecular formula is C18H18ClN3O2. The van der Waals surface area contributed by atoms with Crippen LogP contribution in [0.2, 0.25) is 5.02 Å². The lowest BCUT2D eigenvalue weighted by Crippen LogP contribution is -2.23. The molecule has 0 saturated heterocycles. The summed E-state index contributed by atoms with van der Waals surface area (Å²) < 4.78 is 0. The number of pyridine rings is 1. The van der Waals surface area contributed by atoms with Crippen LogP contribution in [0.4, 0.5) is 5.82 Å². The first-order chi connectivity index (χ1) is 11.5. The Bertz CT molecular complexity index is 774. The van der Waals surface area contributed by atoms with Crippen LogP contribution in [0.15, 0.2) is 42.5 Å². The number of rotatable bonds is 4. The molecule has 124 valence electrons. The van der Waals surface area contributed by atoms with Gasteiger partial charge in [-0.25, -0.2) is 4.98 Å². The molecule has 1 aromatic heterocycles. The van der Waals surface area contributed by atoms with E-state index in [-0.39, 0.29) is 23.7 Å². The highest BCUT2D eigenvalue weighted by Crippen LogP contribution is 2.48. The van der Waals surface area contributed by atoms with Gasteiger partial charge >= 0.3 is 0 Å². The van der Waals surface area contributed by atoms with Crippen molar-refractivity contribution in [2.45, 2.75) is 12.3 Å². The number of nitrogens with one attached hydrogen (secondary N) is 1. The average molecular weight is 344 g/mol. The summed E-state index contributed by atoms with van der Waals surface area (Å²) in [5.41, 5.74) is 1.42. The molecule has 0 aliphatic heterocycles. The van der Waals surface area contributed by atoms with Gasteiger partial charge in [0.25, 0.3) is 5.91 Å². The zero-order valence-corrected chi connectivity index (χ0v) is 14.2. The van der Waals surface area contributed by atoms with Crippen LogP contribution in [0.5, 0.6) is 0 Å². The molecule has 1 N–H and O–H groups in total. The summed E-state index contributed by atoms with van der Waals surface area (Å²) in [5, 5.41) is 3.49. The van der Waals surface area contributed by atoms with Gasteiger partial charge in [-0.1, -0.05) is 29.8 Å². The molecule has 3 rings (SSSR count). The largest absolute Gasteiger partial charge is 0.343 e. The van der Waals surface area contributed by atoms with E-state index in [2.05, 4.69) is 10.3 Å².